The molecular weight excluding hydrogens is 569 g/mol. The van der Waals surface area contributed by atoms with Gasteiger partial charge in [-0.2, -0.15) is 23.0 Å². The number of pyridine rings is 1. The predicted octanol–water partition coefficient (Wildman–Crippen LogP) is 3.89. The van der Waals surface area contributed by atoms with Crippen molar-refractivity contribution in [3.63, 3.8) is 0 Å². The van der Waals surface area contributed by atoms with Gasteiger partial charge in [0.25, 0.3) is 5.56 Å². The lowest BCUT2D eigenvalue weighted by Gasteiger charge is -2.26. The summed E-state index contributed by atoms with van der Waals surface area (Å²) in [5.41, 5.74) is 4.54. The van der Waals surface area contributed by atoms with Crippen molar-refractivity contribution in [2.24, 2.45) is 5.73 Å². The number of nitrogens with two attached hydrogens (primary N) is 1. The maximum absolute atomic E-state index is 14.4. The van der Waals surface area contributed by atoms with Gasteiger partial charge in [-0.1, -0.05) is 0 Å². The third-order valence-electron chi connectivity index (χ3n) is 8.02. The molecule has 6 rings (SSSR count). The summed E-state index contributed by atoms with van der Waals surface area (Å²) in [6.45, 7) is 1.73. The van der Waals surface area contributed by atoms with Crippen molar-refractivity contribution in [2.75, 3.05) is 43.2 Å². The van der Waals surface area contributed by atoms with Gasteiger partial charge in [0.05, 0.1) is 36.4 Å². The zero-order valence-corrected chi connectivity index (χ0v) is 23.5. The predicted molar refractivity (Wildman–Crippen MR) is 151 cm³/mol. The first-order chi connectivity index (χ1) is 20.6. The van der Waals surface area contributed by atoms with Crippen molar-refractivity contribution in [2.45, 2.75) is 50.7 Å². The van der Waals surface area contributed by atoms with E-state index in [1.54, 1.807) is 6.07 Å². The largest absolute Gasteiger partial charge is 0.495 e. The first kappa shape index (κ1) is 28.9. The number of carbonyl (C=O) groups is 1. The molecule has 228 valence electrons. The molecule has 1 unspecified atom stereocenters. The zero-order valence-electron chi connectivity index (χ0n) is 23.5. The highest BCUT2D eigenvalue weighted by molar-refractivity contribution is 5.94. The molecule has 11 nitrogen and oxygen atoms in total. The Kier molecular flexibility index (Phi) is 7.73. The number of nitrogens with zero attached hydrogens (tertiary/aromatic N) is 5. The number of benzene rings is 1. The van der Waals surface area contributed by atoms with Crippen molar-refractivity contribution in [1.82, 2.24) is 14.8 Å². The van der Waals surface area contributed by atoms with Crippen LogP contribution >= 0.6 is 0 Å². The second kappa shape index (κ2) is 11.5. The Balaban J connectivity index is 1.45. The Bertz CT molecular complexity index is 1590. The monoisotopic (exact) mass is 600 g/mol. The zero-order chi connectivity index (χ0) is 30.3. The average molecular weight is 601 g/mol. The molecule has 0 bridgehead atoms. The van der Waals surface area contributed by atoms with E-state index in [9.17, 15) is 22.8 Å². The van der Waals surface area contributed by atoms with Gasteiger partial charge in [0.15, 0.2) is 6.29 Å². The Labute approximate surface area is 244 Å². The summed E-state index contributed by atoms with van der Waals surface area (Å²) < 4.78 is 61.0. The van der Waals surface area contributed by atoms with E-state index in [0.717, 1.165) is 30.2 Å². The van der Waals surface area contributed by atoms with E-state index in [1.807, 2.05) is 4.90 Å². The molecule has 2 amide bonds. The fourth-order valence-electron chi connectivity index (χ4n) is 5.91. The van der Waals surface area contributed by atoms with E-state index in [-0.39, 0.29) is 36.7 Å². The number of hydrogen-bond donors (Lipinski definition) is 1. The smallest absolute Gasteiger partial charge is 0.418 e. The number of fused-ring (bicyclic) bond motifs is 1. The summed E-state index contributed by atoms with van der Waals surface area (Å²) in [6.07, 6.45) is 1.43. The molecule has 3 aromatic rings. The summed E-state index contributed by atoms with van der Waals surface area (Å²) in [7, 11) is 1.45. The standard InChI is InChI=1S/C29H31F3N6O5/c1-41-20-12-17(14-34-15-20)25-21-8-10-37(28(33)40)26(21)27(39)38(35-25)23-13-18(5-6-22(23)29(30,31)32)36-9-7-19(16-36)43-24-4-2-3-11-42-24/h5-6,12-15,19,24H,2-4,7-11,16H2,1H3,(H2,33,40)/t19-,24?/m0/s1. The van der Waals surface area contributed by atoms with Crippen molar-refractivity contribution in [3.8, 4) is 22.7 Å². The van der Waals surface area contributed by atoms with Crippen molar-refractivity contribution in [3.05, 3.63) is 58.1 Å². The van der Waals surface area contributed by atoms with Gasteiger partial charge in [-0.3, -0.25) is 14.7 Å². The SMILES string of the molecule is COc1cncc(-c2nn(-c3cc(N4CC[C@H](OC5CCCCO5)C4)ccc3C(F)(F)F)c(=O)c3c2CCN3C(N)=O)c1. The highest BCUT2D eigenvalue weighted by atomic mass is 19.4. The Hall–Kier alpha value is -4.17. The van der Waals surface area contributed by atoms with Crippen LogP contribution in [0.1, 0.15) is 36.8 Å². The van der Waals surface area contributed by atoms with E-state index in [0.29, 0.717) is 53.4 Å². The van der Waals surface area contributed by atoms with Gasteiger partial charge >= 0.3 is 12.2 Å². The summed E-state index contributed by atoms with van der Waals surface area (Å²) in [5, 5.41) is 4.46. The van der Waals surface area contributed by atoms with Crippen LogP contribution in [0.5, 0.6) is 5.75 Å². The quantitative estimate of drug-likeness (QED) is 0.452. The van der Waals surface area contributed by atoms with Gasteiger partial charge < -0.3 is 24.8 Å². The molecule has 14 heteroatoms. The number of amides is 2. The van der Waals surface area contributed by atoms with Crippen molar-refractivity contribution < 1.29 is 32.2 Å². The van der Waals surface area contributed by atoms with Gasteiger partial charge in [-0.25, -0.2) is 4.79 Å². The van der Waals surface area contributed by atoms with Crippen LogP contribution in [-0.2, 0) is 22.1 Å². The number of halogens is 3. The minimum atomic E-state index is -4.80. The number of alkyl halides is 3. The lowest BCUT2D eigenvalue weighted by molar-refractivity contribution is -0.183. The van der Waals surface area contributed by atoms with E-state index < -0.39 is 29.0 Å². The fourth-order valence-corrected chi connectivity index (χ4v) is 5.91. The average Bonchev–Trinajstić information content (AvgIpc) is 3.66. The molecule has 0 saturated carbocycles. The molecule has 2 N–H and O–H groups in total. The minimum absolute atomic E-state index is 0.0854. The summed E-state index contributed by atoms with van der Waals surface area (Å²) in [6, 6.07) is 4.35. The fraction of sp³-hybridized carbons (Fsp3) is 0.448. The molecule has 3 aliphatic heterocycles. The normalized spacial score (nSPS) is 20.4. The van der Waals surface area contributed by atoms with Gasteiger partial charge in [0.2, 0.25) is 0 Å². The van der Waals surface area contributed by atoms with Crippen LogP contribution in [0.15, 0.2) is 41.5 Å². The molecule has 2 fully saturated rings. The minimum Gasteiger partial charge on any atom is -0.495 e. The molecule has 0 radical (unpaired) electrons. The molecule has 0 aliphatic carbocycles. The second-order valence-electron chi connectivity index (χ2n) is 10.7. The Morgan fingerprint density at radius 3 is 2.70 bits per heavy atom. The maximum Gasteiger partial charge on any atom is 0.418 e. The highest BCUT2D eigenvalue weighted by Gasteiger charge is 2.38. The first-order valence-corrected chi connectivity index (χ1v) is 14.1. The number of methoxy groups -OCH3 is 1. The van der Waals surface area contributed by atoms with Crippen LogP contribution in [0.4, 0.5) is 29.3 Å². The number of rotatable bonds is 6. The van der Waals surface area contributed by atoms with Gasteiger partial charge in [-0.15, -0.1) is 0 Å². The van der Waals surface area contributed by atoms with Gasteiger partial charge in [-0.05, 0) is 56.4 Å². The third-order valence-corrected chi connectivity index (χ3v) is 8.02. The summed E-state index contributed by atoms with van der Waals surface area (Å²) in [5.74, 6) is 0.387. The van der Waals surface area contributed by atoms with E-state index in [2.05, 4.69) is 10.1 Å². The molecule has 2 saturated heterocycles. The molecular formula is C29H31F3N6O5. The number of ether oxygens (including phenoxy) is 3. The van der Waals surface area contributed by atoms with Crippen LogP contribution in [0.3, 0.4) is 0 Å². The molecule has 43 heavy (non-hydrogen) atoms. The number of carbonyl (C=O) groups excluding carboxylic acids is 1. The third kappa shape index (κ3) is 5.64. The molecule has 3 aliphatic rings. The second-order valence-corrected chi connectivity index (χ2v) is 10.7. The lowest BCUT2D eigenvalue weighted by atomic mass is 10.1. The first-order valence-electron chi connectivity index (χ1n) is 14.1. The van der Waals surface area contributed by atoms with E-state index in [4.69, 9.17) is 19.9 Å². The Morgan fingerprint density at radius 1 is 1.14 bits per heavy atom. The summed E-state index contributed by atoms with van der Waals surface area (Å²) >= 11 is 0. The Morgan fingerprint density at radius 2 is 1.98 bits per heavy atom. The number of urea groups is 1. The molecule has 5 heterocycles. The van der Waals surface area contributed by atoms with Crippen LogP contribution in [-0.4, -0.2) is 66.5 Å². The van der Waals surface area contributed by atoms with Crippen molar-refractivity contribution >= 4 is 17.4 Å². The molecule has 2 atom stereocenters. The van der Waals surface area contributed by atoms with Crippen LogP contribution in [0.2, 0.25) is 0 Å². The van der Waals surface area contributed by atoms with Crippen LogP contribution < -0.4 is 25.8 Å². The van der Waals surface area contributed by atoms with E-state index >= 15 is 0 Å². The van der Waals surface area contributed by atoms with E-state index in [1.165, 1.54) is 31.6 Å². The number of hydrogen-bond acceptors (Lipinski definition) is 8. The number of primary amides is 1. The number of aromatic nitrogens is 3. The molecule has 0 spiro atoms. The summed E-state index contributed by atoms with van der Waals surface area (Å²) in [4.78, 5) is 33.3. The van der Waals surface area contributed by atoms with Gasteiger partial charge in [0, 0.05) is 49.3 Å². The van der Waals surface area contributed by atoms with Crippen LogP contribution in [0.25, 0.3) is 16.9 Å². The van der Waals surface area contributed by atoms with Gasteiger partial charge in [0.1, 0.15) is 11.4 Å². The molecule has 2 aromatic heterocycles. The van der Waals surface area contributed by atoms with Crippen LogP contribution in [0, 0.1) is 0 Å². The molecule has 1 aromatic carbocycles. The number of anilines is 2. The lowest BCUT2D eigenvalue weighted by Crippen LogP contribution is -2.39. The topological polar surface area (TPSA) is 125 Å². The highest BCUT2D eigenvalue weighted by Crippen LogP contribution is 2.38. The maximum atomic E-state index is 14.4. The van der Waals surface area contributed by atoms with Crippen molar-refractivity contribution in [1.29, 1.82) is 0 Å².